The van der Waals surface area contributed by atoms with E-state index in [2.05, 4.69) is 0 Å². The number of carbonyl (C=O) groups excluding carboxylic acids is 2. The largest absolute Gasteiger partial charge is 0.480 e. The van der Waals surface area contributed by atoms with Crippen molar-refractivity contribution >= 4 is 17.8 Å². The number of hydrogen-bond acceptors (Lipinski definition) is 3. The highest BCUT2D eigenvalue weighted by molar-refractivity contribution is 6.00. The fourth-order valence-corrected chi connectivity index (χ4v) is 4.76. The lowest BCUT2D eigenvalue weighted by Gasteiger charge is -2.45. The predicted molar refractivity (Wildman–Crippen MR) is 84.0 cm³/mol. The van der Waals surface area contributed by atoms with E-state index < -0.39 is 18.1 Å². The van der Waals surface area contributed by atoms with Crippen molar-refractivity contribution in [3.05, 3.63) is 0 Å². The zero-order valence-electron chi connectivity index (χ0n) is 13.9. The summed E-state index contributed by atoms with van der Waals surface area (Å²) in [6, 6.07) is -2.00. The van der Waals surface area contributed by atoms with Crippen molar-refractivity contribution in [3.8, 4) is 0 Å². The molecule has 1 saturated carbocycles. The second-order valence-corrected chi connectivity index (χ2v) is 7.18. The van der Waals surface area contributed by atoms with E-state index in [1.165, 1.54) is 4.90 Å². The van der Waals surface area contributed by atoms with Crippen LogP contribution in [0.4, 0.5) is 4.79 Å². The van der Waals surface area contributed by atoms with Crippen molar-refractivity contribution in [1.82, 2.24) is 9.80 Å². The molecule has 0 bridgehead atoms. The average molecular weight is 322 g/mol. The minimum absolute atomic E-state index is 0.0151. The highest BCUT2D eigenvalue weighted by Crippen LogP contribution is 2.43. The molecule has 2 amide bonds. The Hall–Kier alpha value is -1.59. The number of carboxylic acid groups (broad SMARTS) is 1. The third-order valence-corrected chi connectivity index (χ3v) is 5.87. The Morgan fingerprint density at radius 3 is 2.65 bits per heavy atom. The van der Waals surface area contributed by atoms with Gasteiger partial charge >= 0.3 is 12.0 Å². The van der Waals surface area contributed by atoms with E-state index in [9.17, 15) is 19.5 Å². The van der Waals surface area contributed by atoms with Gasteiger partial charge in [0, 0.05) is 6.04 Å². The van der Waals surface area contributed by atoms with Crippen LogP contribution in [-0.2, 0) is 9.59 Å². The maximum Gasteiger partial charge on any atom is 0.326 e. The molecule has 1 unspecified atom stereocenters. The van der Waals surface area contributed by atoms with Gasteiger partial charge in [-0.3, -0.25) is 4.79 Å². The lowest BCUT2D eigenvalue weighted by atomic mass is 9.84. The molecule has 23 heavy (non-hydrogen) atoms. The molecule has 2 aliphatic heterocycles. The Kier molecular flexibility index (Phi) is 4.34. The number of fused-ring (bicyclic) bond motifs is 3. The zero-order valence-corrected chi connectivity index (χ0v) is 13.9. The van der Waals surface area contributed by atoms with E-state index >= 15 is 0 Å². The van der Waals surface area contributed by atoms with Crippen LogP contribution in [0, 0.1) is 5.92 Å². The van der Waals surface area contributed by atoms with Crippen LogP contribution in [0.15, 0.2) is 0 Å². The second kappa shape index (κ2) is 6.13. The summed E-state index contributed by atoms with van der Waals surface area (Å²) in [5.74, 6) is -0.595. The van der Waals surface area contributed by atoms with Gasteiger partial charge in [0.1, 0.15) is 6.04 Å². The molecule has 0 aromatic heterocycles. The van der Waals surface area contributed by atoms with Crippen molar-refractivity contribution in [1.29, 1.82) is 0 Å². The van der Waals surface area contributed by atoms with Crippen LogP contribution >= 0.6 is 0 Å². The maximum absolute atomic E-state index is 13.1. The molecule has 0 spiro atoms. The summed E-state index contributed by atoms with van der Waals surface area (Å²) in [5.41, 5.74) is 0. The van der Waals surface area contributed by atoms with Gasteiger partial charge in [-0.2, -0.15) is 0 Å². The highest BCUT2D eigenvalue weighted by Gasteiger charge is 2.55. The van der Waals surface area contributed by atoms with Gasteiger partial charge in [0.2, 0.25) is 0 Å². The number of urea groups is 1. The summed E-state index contributed by atoms with van der Waals surface area (Å²) in [6.45, 7) is 3.58. The first-order chi connectivity index (χ1) is 11.0. The summed E-state index contributed by atoms with van der Waals surface area (Å²) >= 11 is 0. The van der Waals surface area contributed by atoms with Crippen molar-refractivity contribution in [2.75, 3.05) is 0 Å². The van der Waals surface area contributed by atoms with Gasteiger partial charge in [0.05, 0.1) is 12.1 Å². The highest BCUT2D eigenvalue weighted by atomic mass is 16.4. The van der Waals surface area contributed by atoms with Crippen LogP contribution in [0.5, 0.6) is 0 Å². The van der Waals surface area contributed by atoms with Crippen LogP contribution < -0.4 is 0 Å². The quantitative estimate of drug-likeness (QED) is 0.861. The predicted octanol–water partition coefficient (Wildman–Crippen LogP) is 2.27. The van der Waals surface area contributed by atoms with Crippen molar-refractivity contribution in [2.45, 2.75) is 83.0 Å². The Balaban J connectivity index is 1.92. The minimum Gasteiger partial charge on any atom is -0.480 e. The van der Waals surface area contributed by atoms with E-state index in [0.29, 0.717) is 18.8 Å². The van der Waals surface area contributed by atoms with Crippen molar-refractivity contribution in [2.24, 2.45) is 5.92 Å². The number of rotatable bonds is 4. The number of aliphatic carboxylic acids is 1. The first-order valence-electron chi connectivity index (χ1n) is 8.84. The van der Waals surface area contributed by atoms with Gasteiger partial charge in [0.25, 0.3) is 0 Å². The van der Waals surface area contributed by atoms with Gasteiger partial charge in [0.15, 0.2) is 5.78 Å². The number of ketones is 1. The number of Topliss-reactive ketones (excluding diaryl/α,β-unsaturated/α-hetero) is 1. The number of amides is 2. The van der Waals surface area contributed by atoms with E-state index in [1.807, 2.05) is 6.92 Å². The fourth-order valence-electron chi connectivity index (χ4n) is 4.76. The van der Waals surface area contributed by atoms with Gasteiger partial charge < -0.3 is 14.9 Å². The van der Waals surface area contributed by atoms with Gasteiger partial charge in [-0.05, 0) is 38.5 Å². The number of nitrogens with zero attached hydrogens (tertiary/aromatic N) is 2. The normalized spacial score (nSPS) is 35.0. The summed E-state index contributed by atoms with van der Waals surface area (Å²) in [5, 5.41) is 9.53. The standard InChI is InChI=1S/C17H26N2O4/c1-3-6-13(16(21)22)18-10(2)15(20)14-9-11-7-4-5-8-12(11)19(14)17(18)23/h10-14H,3-9H2,1-2H3,(H,21,22)/t10-,11-,12-,13-,14?/m0/s1. The fraction of sp³-hybridized carbons (Fsp3) is 0.824. The number of carbonyl (C=O) groups is 3. The molecule has 2 saturated heterocycles. The number of carboxylic acids is 1. The molecule has 1 N–H and O–H groups in total. The molecule has 6 nitrogen and oxygen atoms in total. The number of hydrogen-bond donors (Lipinski definition) is 1. The van der Waals surface area contributed by atoms with E-state index in [1.54, 1.807) is 11.8 Å². The Morgan fingerprint density at radius 2 is 2.00 bits per heavy atom. The third-order valence-electron chi connectivity index (χ3n) is 5.87. The van der Waals surface area contributed by atoms with Gasteiger partial charge in [-0.1, -0.05) is 26.2 Å². The van der Waals surface area contributed by atoms with Gasteiger partial charge in [-0.25, -0.2) is 9.59 Å². The molecular formula is C17H26N2O4. The monoisotopic (exact) mass is 322 g/mol. The van der Waals surface area contributed by atoms with Crippen molar-refractivity contribution in [3.63, 3.8) is 0 Å². The summed E-state index contributed by atoms with van der Waals surface area (Å²) in [7, 11) is 0. The zero-order chi connectivity index (χ0) is 16.7. The second-order valence-electron chi connectivity index (χ2n) is 7.18. The molecule has 3 rings (SSSR count). The SMILES string of the molecule is CCC[C@@H](C(=O)O)N1C(=O)N2C(C[C@@H]3CCCC[C@@H]32)C(=O)[C@@H]1C. The van der Waals surface area contributed by atoms with Crippen LogP contribution in [-0.4, -0.2) is 56.9 Å². The minimum atomic E-state index is -1.02. The third kappa shape index (κ3) is 2.52. The van der Waals surface area contributed by atoms with Gasteiger partial charge in [-0.15, -0.1) is 0 Å². The molecular weight excluding hydrogens is 296 g/mol. The molecule has 0 radical (unpaired) electrons. The lowest BCUT2D eigenvalue weighted by Crippen LogP contribution is -2.66. The summed E-state index contributed by atoms with van der Waals surface area (Å²) in [4.78, 5) is 40.6. The van der Waals surface area contributed by atoms with Crippen LogP contribution in [0.1, 0.15) is 58.8 Å². The first-order valence-corrected chi connectivity index (χ1v) is 8.84. The average Bonchev–Trinajstić information content (AvgIpc) is 2.91. The van der Waals surface area contributed by atoms with Crippen molar-refractivity contribution < 1.29 is 19.5 Å². The Morgan fingerprint density at radius 1 is 1.30 bits per heavy atom. The lowest BCUT2D eigenvalue weighted by molar-refractivity contribution is -0.146. The molecule has 128 valence electrons. The molecule has 0 aromatic carbocycles. The topological polar surface area (TPSA) is 77.9 Å². The first kappa shape index (κ1) is 16.3. The molecule has 5 atom stereocenters. The molecule has 6 heteroatoms. The molecule has 3 fully saturated rings. The maximum atomic E-state index is 13.1. The van der Waals surface area contributed by atoms with E-state index in [0.717, 1.165) is 32.1 Å². The molecule has 2 heterocycles. The summed E-state index contributed by atoms with van der Waals surface area (Å²) in [6.07, 6.45) is 6.06. The summed E-state index contributed by atoms with van der Waals surface area (Å²) < 4.78 is 0. The molecule has 3 aliphatic rings. The van der Waals surface area contributed by atoms with Crippen LogP contribution in [0.2, 0.25) is 0 Å². The van der Waals surface area contributed by atoms with Crippen LogP contribution in [0.3, 0.4) is 0 Å². The Bertz CT molecular complexity index is 521. The molecule has 0 aromatic rings. The van der Waals surface area contributed by atoms with E-state index in [-0.39, 0.29) is 23.9 Å². The molecule has 1 aliphatic carbocycles. The van der Waals surface area contributed by atoms with Crippen LogP contribution in [0.25, 0.3) is 0 Å². The Labute approximate surface area is 136 Å². The smallest absolute Gasteiger partial charge is 0.326 e. The van der Waals surface area contributed by atoms with E-state index in [4.69, 9.17) is 0 Å².